The molecule has 23 heavy (non-hydrogen) atoms. The predicted octanol–water partition coefficient (Wildman–Crippen LogP) is 4.19. The van der Waals surface area contributed by atoms with Crippen molar-refractivity contribution in [2.45, 2.75) is 0 Å². The standard InChI is InChI=1S/C17H16BrClN2O2/c18-14-4-2-1-3-13(14)17(22)20-15-11-12(19)5-6-16(15)21-7-9-23-10-8-21/h1-6,11H,7-10H2,(H,20,22). The van der Waals surface area contributed by atoms with Gasteiger partial charge in [-0.15, -0.1) is 0 Å². The number of rotatable bonds is 3. The zero-order chi connectivity index (χ0) is 16.2. The molecule has 2 aromatic carbocycles. The number of hydrogen-bond donors (Lipinski definition) is 1. The summed E-state index contributed by atoms with van der Waals surface area (Å²) in [6.07, 6.45) is 0. The molecule has 0 aromatic heterocycles. The average molecular weight is 396 g/mol. The first-order valence-electron chi connectivity index (χ1n) is 7.33. The molecule has 120 valence electrons. The van der Waals surface area contributed by atoms with Gasteiger partial charge in [-0.25, -0.2) is 0 Å². The summed E-state index contributed by atoms with van der Waals surface area (Å²) >= 11 is 9.52. The van der Waals surface area contributed by atoms with Gasteiger partial charge in [0.2, 0.25) is 0 Å². The topological polar surface area (TPSA) is 41.6 Å². The summed E-state index contributed by atoms with van der Waals surface area (Å²) in [6, 6.07) is 12.9. The second-order valence-electron chi connectivity index (χ2n) is 5.19. The van der Waals surface area contributed by atoms with E-state index >= 15 is 0 Å². The maximum Gasteiger partial charge on any atom is 0.256 e. The van der Waals surface area contributed by atoms with Gasteiger partial charge in [-0.1, -0.05) is 23.7 Å². The molecule has 0 aliphatic carbocycles. The molecule has 1 saturated heterocycles. The van der Waals surface area contributed by atoms with Crippen LogP contribution in [0, 0.1) is 0 Å². The zero-order valence-electron chi connectivity index (χ0n) is 12.4. The van der Waals surface area contributed by atoms with Crippen LogP contribution in [0.1, 0.15) is 10.4 Å². The lowest BCUT2D eigenvalue weighted by Crippen LogP contribution is -2.36. The number of amides is 1. The Labute approximate surface area is 148 Å². The predicted molar refractivity (Wildman–Crippen MR) is 96.6 cm³/mol. The number of hydrogen-bond acceptors (Lipinski definition) is 3. The molecule has 1 heterocycles. The lowest BCUT2D eigenvalue weighted by Gasteiger charge is -2.30. The van der Waals surface area contributed by atoms with Crippen LogP contribution in [0.25, 0.3) is 0 Å². The molecule has 0 spiro atoms. The highest BCUT2D eigenvalue weighted by Crippen LogP contribution is 2.30. The van der Waals surface area contributed by atoms with E-state index in [2.05, 4.69) is 26.1 Å². The monoisotopic (exact) mass is 394 g/mol. The van der Waals surface area contributed by atoms with E-state index in [1.807, 2.05) is 30.3 Å². The lowest BCUT2D eigenvalue weighted by atomic mass is 10.2. The molecule has 0 saturated carbocycles. The minimum Gasteiger partial charge on any atom is -0.378 e. The van der Waals surface area contributed by atoms with E-state index < -0.39 is 0 Å². The van der Waals surface area contributed by atoms with Crippen molar-refractivity contribution >= 4 is 44.8 Å². The zero-order valence-corrected chi connectivity index (χ0v) is 14.7. The third-order valence-corrected chi connectivity index (χ3v) is 4.60. The van der Waals surface area contributed by atoms with Crippen molar-refractivity contribution < 1.29 is 9.53 Å². The van der Waals surface area contributed by atoms with E-state index in [0.29, 0.717) is 29.5 Å². The van der Waals surface area contributed by atoms with Gasteiger partial charge in [0.25, 0.3) is 5.91 Å². The molecule has 1 N–H and O–H groups in total. The van der Waals surface area contributed by atoms with Crippen LogP contribution >= 0.6 is 27.5 Å². The second kappa shape index (κ2) is 7.34. The fourth-order valence-electron chi connectivity index (χ4n) is 2.52. The van der Waals surface area contributed by atoms with Crippen molar-refractivity contribution in [3.63, 3.8) is 0 Å². The first-order chi connectivity index (χ1) is 11.1. The van der Waals surface area contributed by atoms with Crippen LogP contribution in [-0.4, -0.2) is 32.2 Å². The van der Waals surface area contributed by atoms with E-state index in [4.69, 9.17) is 16.3 Å². The summed E-state index contributed by atoms with van der Waals surface area (Å²) in [5.41, 5.74) is 2.25. The Morgan fingerprint density at radius 2 is 1.91 bits per heavy atom. The van der Waals surface area contributed by atoms with Crippen molar-refractivity contribution in [1.29, 1.82) is 0 Å². The van der Waals surface area contributed by atoms with Crippen molar-refractivity contribution in [1.82, 2.24) is 0 Å². The van der Waals surface area contributed by atoms with Gasteiger partial charge in [-0.3, -0.25) is 4.79 Å². The Morgan fingerprint density at radius 1 is 1.17 bits per heavy atom. The molecule has 0 atom stereocenters. The molecule has 2 aromatic rings. The van der Waals surface area contributed by atoms with E-state index in [-0.39, 0.29) is 5.91 Å². The van der Waals surface area contributed by atoms with Crippen molar-refractivity contribution in [3.05, 3.63) is 57.5 Å². The molecule has 1 fully saturated rings. The molecule has 6 heteroatoms. The van der Waals surface area contributed by atoms with Gasteiger partial charge < -0.3 is 15.0 Å². The Morgan fingerprint density at radius 3 is 2.65 bits per heavy atom. The molecule has 0 radical (unpaired) electrons. The molecule has 1 aliphatic heterocycles. The Kier molecular flexibility index (Phi) is 5.20. The van der Waals surface area contributed by atoms with E-state index in [0.717, 1.165) is 23.2 Å². The highest BCUT2D eigenvalue weighted by molar-refractivity contribution is 9.10. The molecule has 4 nitrogen and oxygen atoms in total. The van der Waals surface area contributed by atoms with Gasteiger partial charge in [0.05, 0.1) is 30.2 Å². The number of nitrogens with zero attached hydrogens (tertiary/aromatic N) is 1. The van der Waals surface area contributed by atoms with Crippen LogP contribution in [0.4, 0.5) is 11.4 Å². The number of halogens is 2. The summed E-state index contributed by atoms with van der Waals surface area (Å²) in [5.74, 6) is -0.172. The van der Waals surface area contributed by atoms with Crippen LogP contribution in [0.2, 0.25) is 5.02 Å². The number of morpholine rings is 1. The highest BCUT2D eigenvalue weighted by atomic mass is 79.9. The Balaban J connectivity index is 1.88. The van der Waals surface area contributed by atoms with E-state index in [9.17, 15) is 4.79 Å². The van der Waals surface area contributed by atoms with E-state index in [1.165, 1.54) is 0 Å². The molecule has 0 bridgehead atoms. The van der Waals surface area contributed by atoms with Crippen LogP contribution < -0.4 is 10.2 Å². The number of carbonyl (C=O) groups is 1. The van der Waals surface area contributed by atoms with Gasteiger partial charge in [0, 0.05) is 22.6 Å². The van der Waals surface area contributed by atoms with Gasteiger partial charge >= 0.3 is 0 Å². The number of benzene rings is 2. The van der Waals surface area contributed by atoms with Crippen LogP contribution in [0.15, 0.2) is 46.9 Å². The normalized spacial score (nSPS) is 14.6. The minimum absolute atomic E-state index is 0.172. The van der Waals surface area contributed by atoms with Crippen LogP contribution in [0.3, 0.4) is 0 Å². The van der Waals surface area contributed by atoms with Gasteiger partial charge in [-0.05, 0) is 46.3 Å². The largest absolute Gasteiger partial charge is 0.378 e. The molecule has 0 unspecified atom stereocenters. The molecule has 1 amide bonds. The SMILES string of the molecule is O=C(Nc1cc(Cl)ccc1N1CCOCC1)c1ccccc1Br. The molecular weight excluding hydrogens is 380 g/mol. The number of ether oxygens (including phenoxy) is 1. The average Bonchev–Trinajstić information content (AvgIpc) is 2.56. The van der Waals surface area contributed by atoms with Gasteiger partial charge in [0.1, 0.15) is 0 Å². The van der Waals surface area contributed by atoms with Crippen molar-refractivity contribution in [2.24, 2.45) is 0 Å². The number of carbonyl (C=O) groups excluding carboxylic acids is 1. The number of anilines is 2. The van der Waals surface area contributed by atoms with Gasteiger partial charge in [0.15, 0.2) is 0 Å². The lowest BCUT2D eigenvalue weighted by molar-refractivity contribution is 0.102. The summed E-state index contributed by atoms with van der Waals surface area (Å²) in [6.45, 7) is 2.94. The third-order valence-electron chi connectivity index (χ3n) is 3.68. The molecule has 1 aliphatic rings. The summed E-state index contributed by atoms with van der Waals surface area (Å²) < 4.78 is 6.15. The summed E-state index contributed by atoms with van der Waals surface area (Å²) in [4.78, 5) is 14.7. The Hall–Kier alpha value is -1.56. The Bertz CT molecular complexity index is 717. The fourth-order valence-corrected chi connectivity index (χ4v) is 3.16. The second-order valence-corrected chi connectivity index (χ2v) is 6.49. The maximum atomic E-state index is 12.6. The summed E-state index contributed by atoms with van der Waals surface area (Å²) in [5, 5.41) is 3.56. The highest BCUT2D eigenvalue weighted by Gasteiger charge is 2.17. The first kappa shape index (κ1) is 16.3. The van der Waals surface area contributed by atoms with Crippen LogP contribution in [-0.2, 0) is 4.74 Å². The number of nitrogens with one attached hydrogen (secondary N) is 1. The summed E-state index contributed by atoms with van der Waals surface area (Å²) in [7, 11) is 0. The maximum absolute atomic E-state index is 12.6. The smallest absolute Gasteiger partial charge is 0.256 e. The fraction of sp³-hybridized carbons (Fsp3) is 0.235. The van der Waals surface area contributed by atoms with E-state index in [1.54, 1.807) is 12.1 Å². The van der Waals surface area contributed by atoms with Crippen LogP contribution in [0.5, 0.6) is 0 Å². The quantitative estimate of drug-likeness (QED) is 0.847. The third kappa shape index (κ3) is 3.86. The van der Waals surface area contributed by atoms with Crippen molar-refractivity contribution in [2.75, 3.05) is 36.5 Å². The molecule has 3 rings (SSSR count). The van der Waals surface area contributed by atoms with Gasteiger partial charge in [-0.2, -0.15) is 0 Å². The molecular formula is C17H16BrClN2O2. The minimum atomic E-state index is -0.172. The van der Waals surface area contributed by atoms with Crippen molar-refractivity contribution in [3.8, 4) is 0 Å². The first-order valence-corrected chi connectivity index (χ1v) is 8.50.